The largest absolute Gasteiger partial charge is 0.480 e. The van der Waals surface area contributed by atoms with Crippen LogP contribution in [-0.4, -0.2) is 166 Å². The number of carbonyl (C=O) groups excluding carboxylic acids is 4. The first-order chi connectivity index (χ1) is 18.8. The van der Waals surface area contributed by atoms with Crippen LogP contribution in [0.15, 0.2) is 0 Å². The predicted molar refractivity (Wildman–Crippen MR) is 133 cm³/mol. The molecule has 1 unspecified atom stereocenters. The maximum atomic E-state index is 12.9. The number of imide groups is 1. The molecule has 40 heavy (non-hydrogen) atoms. The van der Waals surface area contributed by atoms with Crippen LogP contribution >= 0.6 is 0 Å². The van der Waals surface area contributed by atoms with Crippen molar-refractivity contribution in [1.82, 2.24) is 30.0 Å². The minimum Gasteiger partial charge on any atom is -0.480 e. The zero-order valence-corrected chi connectivity index (χ0v) is 22.3. The number of carboxylic acid groups (broad SMARTS) is 3. The maximum absolute atomic E-state index is 12.9. The Labute approximate surface area is 230 Å². The molecule has 3 amide bonds. The summed E-state index contributed by atoms with van der Waals surface area (Å²) in [4.78, 5) is 93.6. The van der Waals surface area contributed by atoms with Gasteiger partial charge < -0.3 is 25.5 Å². The Kier molecular flexibility index (Phi) is 12.9. The van der Waals surface area contributed by atoms with Gasteiger partial charge in [-0.3, -0.25) is 48.4 Å². The van der Waals surface area contributed by atoms with Crippen molar-refractivity contribution < 1.29 is 53.7 Å². The van der Waals surface area contributed by atoms with Gasteiger partial charge in [0.2, 0.25) is 5.91 Å². The number of amides is 3. The van der Waals surface area contributed by atoms with Crippen LogP contribution in [0.2, 0.25) is 0 Å². The van der Waals surface area contributed by atoms with E-state index in [1.165, 1.54) is 0 Å². The van der Waals surface area contributed by atoms with E-state index >= 15 is 0 Å². The number of carboxylic acids is 3. The molecule has 0 aliphatic carbocycles. The number of carbonyl (C=O) groups is 7. The van der Waals surface area contributed by atoms with E-state index in [1.54, 1.807) is 26.5 Å². The second kappa shape index (κ2) is 15.8. The summed E-state index contributed by atoms with van der Waals surface area (Å²) in [5, 5.41) is 30.7. The number of hydrogen-bond acceptors (Lipinski definition) is 12. The van der Waals surface area contributed by atoms with Crippen molar-refractivity contribution in [3.8, 4) is 0 Å². The highest BCUT2D eigenvalue weighted by molar-refractivity contribution is 6.01. The van der Waals surface area contributed by atoms with Crippen LogP contribution in [0.1, 0.15) is 19.8 Å². The molecule has 17 heteroatoms. The second-order valence-corrected chi connectivity index (χ2v) is 9.48. The fraction of sp³-hybridized carbons (Fsp3) is 0.696. The molecule has 0 aromatic carbocycles. The fourth-order valence-electron chi connectivity index (χ4n) is 4.25. The number of nitrogens with one attached hydrogen (secondary N) is 1. The number of hydrogen-bond donors (Lipinski definition) is 4. The molecule has 4 N–H and O–H groups in total. The fourth-order valence-corrected chi connectivity index (χ4v) is 4.25. The summed E-state index contributed by atoms with van der Waals surface area (Å²) in [5.74, 6) is -6.10. The molecule has 1 atom stereocenters. The molecule has 0 aromatic rings. The molecule has 2 aliphatic rings. The van der Waals surface area contributed by atoms with Gasteiger partial charge in [-0.2, -0.15) is 0 Å². The lowest BCUT2D eigenvalue weighted by Gasteiger charge is -2.35. The monoisotopic (exact) mass is 572 g/mol. The molecule has 2 fully saturated rings. The standard InChI is InChI=1S/C23H36N6O11/c1-16(23(39)24-12-22(38)40-29-17(30)2-3-18(29)31)28-10-8-26(14-20(34)35)6-4-25(13-19(32)33)5-7-27(9-11-28)15-21(36)37/h16H,2-15H2,1H3,(H,24,39)(H,32,33)(H,34,35)(H,36,37). The van der Waals surface area contributed by atoms with E-state index in [1.807, 2.05) is 0 Å². The van der Waals surface area contributed by atoms with E-state index in [2.05, 4.69) is 5.32 Å². The topological polar surface area (TPSA) is 218 Å². The molecule has 0 spiro atoms. The third-order valence-electron chi connectivity index (χ3n) is 6.48. The summed E-state index contributed by atoms with van der Waals surface area (Å²) in [7, 11) is 0. The molecule has 224 valence electrons. The first kappa shape index (κ1) is 32.5. The van der Waals surface area contributed by atoms with Crippen molar-refractivity contribution >= 4 is 41.6 Å². The Morgan fingerprint density at radius 1 is 0.725 bits per heavy atom. The highest BCUT2D eigenvalue weighted by Gasteiger charge is 2.33. The van der Waals surface area contributed by atoms with E-state index in [0.717, 1.165) is 0 Å². The molecular weight excluding hydrogens is 536 g/mol. The Morgan fingerprint density at radius 2 is 1.10 bits per heavy atom. The van der Waals surface area contributed by atoms with Crippen LogP contribution in [0.4, 0.5) is 0 Å². The first-order valence-electron chi connectivity index (χ1n) is 12.8. The summed E-state index contributed by atoms with van der Waals surface area (Å²) in [6.07, 6.45) is -0.139. The molecular formula is C23H36N6O11. The quantitative estimate of drug-likeness (QED) is 0.177. The number of hydroxylamine groups is 2. The summed E-state index contributed by atoms with van der Waals surface area (Å²) >= 11 is 0. The molecule has 2 saturated heterocycles. The van der Waals surface area contributed by atoms with Gasteiger partial charge in [0, 0.05) is 65.2 Å². The highest BCUT2D eigenvalue weighted by Crippen LogP contribution is 2.12. The predicted octanol–water partition coefficient (Wildman–Crippen LogP) is -3.43. The van der Waals surface area contributed by atoms with Gasteiger partial charge >= 0.3 is 23.9 Å². The Hall–Kier alpha value is -3.67. The van der Waals surface area contributed by atoms with Crippen molar-refractivity contribution in [1.29, 1.82) is 0 Å². The van der Waals surface area contributed by atoms with Gasteiger partial charge in [-0.05, 0) is 6.92 Å². The lowest BCUT2D eigenvalue weighted by molar-refractivity contribution is -0.196. The van der Waals surface area contributed by atoms with Crippen molar-refractivity contribution in [2.45, 2.75) is 25.8 Å². The third-order valence-corrected chi connectivity index (χ3v) is 6.48. The molecule has 0 bridgehead atoms. The summed E-state index contributed by atoms with van der Waals surface area (Å²) in [6, 6.07) is -0.826. The molecule has 2 aliphatic heterocycles. The molecule has 0 aromatic heterocycles. The lowest BCUT2D eigenvalue weighted by atomic mass is 10.2. The van der Waals surface area contributed by atoms with Crippen molar-refractivity contribution in [2.75, 3.05) is 78.5 Å². The van der Waals surface area contributed by atoms with Crippen LogP contribution in [0, 0.1) is 0 Å². The van der Waals surface area contributed by atoms with E-state index in [4.69, 9.17) is 4.84 Å². The van der Waals surface area contributed by atoms with Gasteiger partial charge in [-0.15, -0.1) is 5.06 Å². The molecule has 2 rings (SSSR count). The van der Waals surface area contributed by atoms with E-state index in [9.17, 15) is 48.9 Å². The number of aliphatic carboxylic acids is 3. The van der Waals surface area contributed by atoms with Crippen molar-refractivity contribution in [3.63, 3.8) is 0 Å². The van der Waals surface area contributed by atoms with Crippen LogP contribution in [0.3, 0.4) is 0 Å². The van der Waals surface area contributed by atoms with Crippen molar-refractivity contribution in [2.24, 2.45) is 0 Å². The van der Waals surface area contributed by atoms with E-state index in [-0.39, 0.29) is 84.8 Å². The molecule has 0 saturated carbocycles. The van der Waals surface area contributed by atoms with Crippen molar-refractivity contribution in [3.05, 3.63) is 0 Å². The summed E-state index contributed by atoms with van der Waals surface area (Å²) < 4.78 is 0. The molecule has 2 heterocycles. The van der Waals surface area contributed by atoms with Gasteiger partial charge in [-0.25, -0.2) is 4.79 Å². The Balaban J connectivity index is 2.08. The van der Waals surface area contributed by atoms with Crippen LogP contribution < -0.4 is 5.32 Å². The average Bonchev–Trinajstić information content (AvgIpc) is 3.18. The average molecular weight is 573 g/mol. The Morgan fingerprint density at radius 3 is 1.48 bits per heavy atom. The minimum absolute atomic E-state index is 0.0696. The molecule has 0 radical (unpaired) electrons. The van der Waals surface area contributed by atoms with E-state index < -0.39 is 54.2 Å². The zero-order chi connectivity index (χ0) is 29.8. The van der Waals surface area contributed by atoms with Crippen LogP contribution in [0.25, 0.3) is 0 Å². The van der Waals surface area contributed by atoms with Gasteiger partial charge in [0.25, 0.3) is 11.8 Å². The third kappa shape index (κ3) is 11.2. The van der Waals surface area contributed by atoms with Gasteiger partial charge in [0.15, 0.2) is 0 Å². The van der Waals surface area contributed by atoms with Gasteiger partial charge in [-0.1, -0.05) is 0 Å². The van der Waals surface area contributed by atoms with Crippen LogP contribution in [-0.2, 0) is 38.4 Å². The number of nitrogens with zero attached hydrogens (tertiary/aromatic N) is 5. The SMILES string of the molecule is CC(C(=O)NCC(=O)ON1C(=O)CCC1=O)N1CCN(CC(=O)O)CCN(CC(=O)O)CCN(CC(=O)O)CC1. The lowest BCUT2D eigenvalue weighted by Crippen LogP contribution is -2.53. The molecule has 17 nitrogen and oxygen atoms in total. The van der Waals surface area contributed by atoms with Gasteiger partial charge in [0.1, 0.15) is 6.54 Å². The van der Waals surface area contributed by atoms with E-state index in [0.29, 0.717) is 5.06 Å². The first-order valence-corrected chi connectivity index (χ1v) is 12.8. The highest BCUT2D eigenvalue weighted by atomic mass is 16.7. The normalized spacial score (nSPS) is 19.9. The zero-order valence-electron chi connectivity index (χ0n) is 22.3. The van der Waals surface area contributed by atoms with Gasteiger partial charge in [0.05, 0.1) is 25.7 Å². The Bertz CT molecular complexity index is 929. The minimum atomic E-state index is -1.07. The van der Waals surface area contributed by atoms with Crippen LogP contribution in [0.5, 0.6) is 0 Å². The maximum Gasteiger partial charge on any atom is 0.352 e. The second-order valence-electron chi connectivity index (χ2n) is 9.48. The summed E-state index contributed by atoms with van der Waals surface area (Å²) in [5.41, 5.74) is 0. The summed E-state index contributed by atoms with van der Waals surface area (Å²) in [6.45, 7) is 1.85. The smallest absolute Gasteiger partial charge is 0.352 e. The number of rotatable bonds is 11.